The van der Waals surface area contributed by atoms with Crippen LogP contribution in [0.3, 0.4) is 0 Å². The number of carbonyl (C=O) groups is 2. The van der Waals surface area contributed by atoms with E-state index >= 15 is 0 Å². The average Bonchev–Trinajstić information content (AvgIpc) is 2.43. The molecule has 1 aliphatic heterocycles. The molecule has 2 rings (SSSR count). The summed E-state index contributed by atoms with van der Waals surface area (Å²) in [5.41, 5.74) is 0. The number of aliphatic carboxylic acids is 1. The number of nitrogens with one attached hydrogen (secondary N) is 1. The number of morpholine rings is 1. The molecule has 114 valence electrons. The molecule has 6 nitrogen and oxygen atoms in total. The molecule has 1 aliphatic carbocycles. The molecule has 0 aromatic heterocycles. The van der Waals surface area contributed by atoms with Crippen LogP contribution >= 0.6 is 0 Å². The largest absolute Gasteiger partial charge is 0.480 e. The lowest BCUT2D eigenvalue weighted by Crippen LogP contribution is -2.58. The van der Waals surface area contributed by atoms with Crippen molar-refractivity contribution >= 4 is 12.0 Å². The Balaban J connectivity index is 1.97. The lowest BCUT2D eigenvalue weighted by atomic mass is 9.78. The number of carboxylic acid groups (broad SMARTS) is 1. The molecule has 4 unspecified atom stereocenters. The predicted octanol–water partition coefficient (Wildman–Crippen LogP) is 1.31. The van der Waals surface area contributed by atoms with Crippen molar-refractivity contribution in [2.45, 2.75) is 45.2 Å². The molecule has 0 spiro atoms. The summed E-state index contributed by atoms with van der Waals surface area (Å²) in [6, 6.07) is -1.00. The summed E-state index contributed by atoms with van der Waals surface area (Å²) in [7, 11) is 0. The smallest absolute Gasteiger partial charge is 0.328 e. The van der Waals surface area contributed by atoms with E-state index in [0.717, 1.165) is 12.8 Å². The van der Waals surface area contributed by atoms with Crippen molar-refractivity contribution in [1.82, 2.24) is 10.2 Å². The molecule has 6 heteroatoms. The Hall–Kier alpha value is -1.30. The van der Waals surface area contributed by atoms with Crippen molar-refractivity contribution in [3.8, 4) is 0 Å². The lowest BCUT2D eigenvalue weighted by Gasteiger charge is -2.38. The van der Waals surface area contributed by atoms with Crippen LogP contribution in [0.1, 0.15) is 33.1 Å². The van der Waals surface area contributed by atoms with Gasteiger partial charge in [0.15, 0.2) is 6.04 Å². The first-order valence-electron chi connectivity index (χ1n) is 7.38. The van der Waals surface area contributed by atoms with Crippen molar-refractivity contribution in [2.75, 3.05) is 19.8 Å². The first-order valence-corrected chi connectivity index (χ1v) is 7.38. The number of carboxylic acids is 1. The maximum atomic E-state index is 12.3. The van der Waals surface area contributed by atoms with Crippen LogP contribution in [0.4, 0.5) is 4.79 Å². The summed E-state index contributed by atoms with van der Waals surface area (Å²) in [4.78, 5) is 24.9. The molecule has 1 saturated heterocycles. The summed E-state index contributed by atoms with van der Waals surface area (Å²) in [5, 5.41) is 12.2. The second-order valence-corrected chi connectivity index (χ2v) is 5.95. The van der Waals surface area contributed by atoms with E-state index in [1.807, 2.05) is 0 Å². The van der Waals surface area contributed by atoms with E-state index in [1.54, 1.807) is 0 Å². The van der Waals surface area contributed by atoms with Crippen LogP contribution in [0.25, 0.3) is 0 Å². The van der Waals surface area contributed by atoms with E-state index < -0.39 is 12.0 Å². The number of hydrogen-bond acceptors (Lipinski definition) is 3. The molecule has 4 atom stereocenters. The Morgan fingerprint density at radius 1 is 1.30 bits per heavy atom. The molecule has 1 saturated carbocycles. The predicted molar refractivity (Wildman–Crippen MR) is 73.4 cm³/mol. The zero-order chi connectivity index (χ0) is 14.7. The molecule has 0 radical (unpaired) electrons. The summed E-state index contributed by atoms with van der Waals surface area (Å²) < 4.78 is 5.15. The SMILES string of the molecule is CC1CCCC(NC(=O)N2CCOCC2C(=O)O)C1C. The number of rotatable bonds is 2. The monoisotopic (exact) mass is 284 g/mol. The fourth-order valence-corrected chi connectivity index (χ4v) is 3.08. The van der Waals surface area contributed by atoms with Crippen LogP contribution in [-0.4, -0.2) is 53.8 Å². The van der Waals surface area contributed by atoms with Gasteiger partial charge >= 0.3 is 12.0 Å². The van der Waals surface area contributed by atoms with Gasteiger partial charge < -0.3 is 20.1 Å². The quantitative estimate of drug-likeness (QED) is 0.801. The highest BCUT2D eigenvalue weighted by atomic mass is 16.5. The van der Waals surface area contributed by atoms with Gasteiger partial charge in [0.25, 0.3) is 0 Å². The third-order valence-corrected chi connectivity index (χ3v) is 4.69. The number of hydrogen-bond donors (Lipinski definition) is 2. The number of carbonyl (C=O) groups excluding carboxylic acids is 1. The third-order valence-electron chi connectivity index (χ3n) is 4.69. The van der Waals surface area contributed by atoms with Gasteiger partial charge in [-0.05, 0) is 18.3 Å². The fourth-order valence-electron chi connectivity index (χ4n) is 3.08. The van der Waals surface area contributed by atoms with Crippen molar-refractivity contribution in [2.24, 2.45) is 11.8 Å². The van der Waals surface area contributed by atoms with Crippen molar-refractivity contribution in [3.05, 3.63) is 0 Å². The topological polar surface area (TPSA) is 78.9 Å². The van der Waals surface area contributed by atoms with E-state index in [-0.39, 0.29) is 18.7 Å². The highest BCUT2D eigenvalue weighted by molar-refractivity contribution is 5.83. The van der Waals surface area contributed by atoms with Crippen molar-refractivity contribution < 1.29 is 19.4 Å². The Bertz CT molecular complexity index is 374. The molecule has 2 aliphatic rings. The number of urea groups is 1. The summed E-state index contributed by atoms with van der Waals surface area (Å²) >= 11 is 0. The maximum absolute atomic E-state index is 12.3. The Kier molecular flexibility index (Phi) is 4.86. The van der Waals surface area contributed by atoms with Gasteiger partial charge in [-0.1, -0.05) is 26.7 Å². The summed E-state index contributed by atoms with van der Waals surface area (Å²) in [6.45, 7) is 5.16. The molecule has 0 bridgehead atoms. The minimum absolute atomic E-state index is 0.0688. The first-order chi connectivity index (χ1) is 9.50. The molecular weight excluding hydrogens is 260 g/mol. The molecule has 0 aromatic carbocycles. The molecular formula is C14H24N2O4. The van der Waals surface area contributed by atoms with Crippen LogP contribution in [0.5, 0.6) is 0 Å². The maximum Gasteiger partial charge on any atom is 0.328 e. The number of nitrogens with zero attached hydrogens (tertiary/aromatic N) is 1. The second-order valence-electron chi connectivity index (χ2n) is 5.95. The average molecular weight is 284 g/mol. The summed E-state index contributed by atoms with van der Waals surface area (Å²) in [5.74, 6) is 0.0101. The third kappa shape index (κ3) is 3.23. The lowest BCUT2D eigenvalue weighted by molar-refractivity contribution is -0.147. The number of amides is 2. The van der Waals surface area contributed by atoms with Crippen molar-refractivity contribution in [1.29, 1.82) is 0 Å². The molecule has 2 amide bonds. The standard InChI is InChI=1S/C14H24N2O4/c1-9-4-3-5-11(10(9)2)15-14(19)16-6-7-20-8-12(16)13(17)18/h9-12H,3-8H2,1-2H3,(H,15,19)(H,17,18). The van der Waals surface area contributed by atoms with Crippen LogP contribution in [0.15, 0.2) is 0 Å². The molecule has 2 N–H and O–H groups in total. The van der Waals surface area contributed by atoms with E-state index in [1.165, 1.54) is 11.3 Å². The van der Waals surface area contributed by atoms with Gasteiger partial charge in [0.1, 0.15) is 0 Å². The molecule has 1 heterocycles. The van der Waals surface area contributed by atoms with Gasteiger partial charge in [0.2, 0.25) is 0 Å². The highest BCUT2D eigenvalue weighted by Crippen LogP contribution is 2.29. The molecule has 2 fully saturated rings. The summed E-state index contributed by atoms with van der Waals surface area (Å²) in [6.07, 6.45) is 3.28. The zero-order valence-corrected chi connectivity index (χ0v) is 12.2. The fraction of sp³-hybridized carbons (Fsp3) is 0.857. The molecule has 0 aromatic rings. The van der Waals surface area contributed by atoms with E-state index in [4.69, 9.17) is 9.84 Å². The highest BCUT2D eigenvalue weighted by Gasteiger charge is 2.35. The Morgan fingerprint density at radius 3 is 2.75 bits per heavy atom. The van der Waals surface area contributed by atoms with Crippen LogP contribution in [-0.2, 0) is 9.53 Å². The Morgan fingerprint density at radius 2 is 2.05 bits per heavy atom. The number of ether oxygens (including phenoxy) is 1. The molecule has 20 heavy (non-hydrogen) atoms. The van der Waals surface area contributed by atoms with Crippen LogP contribution in [0.2, 0.25) is 0 Å². The second kappa shape index (κ2) is 6.43. The zero-order valence-electron chi connectivity index (χ0n) is 12.2. The van der Waals surface area contributed by atoms with Gasteiger partial charge in [-0.25, -0.2) is 9.59 Å². The minimum Gasteiger partial charge on any atom is -0.480 e. The van der Waals surface area contributed by atoms with Crippen LogP contribution < -0.4 is 5.32 Å². The van der Waals surface area contributed by atoms with E-state index in [9.17, 15) is 9.59 Å². The van der Waals surface area contributed by atoms with Gasteiger partial charge in [0.05, 0.1) is 13.2 Å². The first kappa shape index (κ1) is 15.1. The normalized spacial score (nSPS) is 34.6. The van der Waals surface area contributed by atoms with Crippen LogP contribution in [0, 0.1) is 11.8 Å². The minimum atomic E-state index is -1.01. The van der Waals surface area contributed by atoms with E-state index in [0.29, 0.717) is 25.0 Å². The van der Waals surface area contributed by atoms with Gasteiger partial charge in [-0.2, -0.15) is 0 Å². The Labute approximate surface area is 119 Å². The van der Waals surface area contributed by atoms with Crippen molar-refractivity contribution in [3.63, 3.8) is 0 Å². The van der Waals surface area contributed by atoms with Gasteiger partial charge in [0, 0.05) is 12.6 Å². The van der Waals surface area contributed by atoms with Gasteiger partial charge in [-0.3, -0.25) is 0 Å². The van der Waals surface area contributed by atoms with Gasteiger partial charge in [-0.15, -0.1) is 0 Å². The van der Waals surface area contributed by atoms with E-state index in [2.05, 4.69) is 19.2 Å².